The highest BCUT2D eigenvalue weighted by Crippen LogP contribution is 2.16. The van der Waals surface area contributed by atoms with Gasteiger partial charge in [-0.05, 0) is 0 Å². The number of aliphatic imine (C=N–C) groups is 1. The van der Waals surface area contributed by atoms with Gasteiger partial charge in [-0.3, -0.25) is 9.79 Å². The highest BCUT2D eigenvalue weighted by Gasteiger charge is 2.06. The molecule has 0 saturated heterocycles. The lowest BCUT2D eigenvalue weighted by Crippen LogP contribution is -2.18. The van der Waals surface area contributed by atoms with Crippen LogP contribution in [0.5, 0.6) is 0 Å². The molecule has 1 heterocycles. The number of hydrogen-bond donors (Lipinski definition) is 1. The van der Waals surface area contributed by atoms with Gasteiger partial charge < -0.3 is 5.32 Å². The first-order chi connectivity index (χ1) is 6.92. The summed E-state index contributed by atoms with van der Waals surface area (Å²) in [6.07, 6.45) is 4.37. The molecule has 2 rings (SSSR count). The van der Waals surface area contributed by atoms with Crippen molar-refractivity contribution in [2.24, 2.45) is 4.99 Å². The van der Waals surface area contributed by atoms with Crippen molar-refractivity contribution in [2.45, 2.75) is 0 Å². The van der Waals surface area contributed by atoms with E-state index in [4.69, 9.17) is 0 Å². The van der Waals surface area contributed by atoms with Crippen LogP contribution in [0.15, 0.2) is 35.5 Å². The van der Waals surface area contributed by atoms with Gasteiger partial charge in [0.25, 0.3) is 0 Å². The molecule has 3 nitrogen and oxygen atoms in total. The smallest absolute Gasteiger partial charge is 0.150 e. The van der Waals surface area contributed by atoms with Crippen LogP contribution in [0.25, 0.3) is 5.70 Å². The Morgan fingerprint density at radius 3 is 2.93 bits per heavy atom. The lowest BCUT2D eigenvalue weighted by atomic mass is 10.1. The molecular formula is C11H10N2O. The van der Waals surface area contributed by atoms with Crippen molar-refractivity contribution < 1.29 is 4.79 Å². The van der Waals surface area contributed by atoms with Crippen molar-refractivity contribution in [2.75, 3.05) is 6.54 Å². The predicted octanol–water partition coefficient (Wildman–Crippen LogP) is 1.47. The van der Waals surface area contributed by atoms with Crippen molar-refractivity contribution in [3.8, 4) is 0 Å². The van der Waals surface area contributed by atoms with Crippen LogP contribution >= 0.6 is 0 Å². The number of carbonyl (C=O) groups excluding carboxylic acids is 1. The third kappa shape index (κ3) is 1.57. The van der Waals surface area contributed by atoms with Gasteiger partial charge in [0.1, 0.15) is 0 Å². The molecule has 1 aromatic rings. The molecule has 0 radical (unpaired) electrons. The first kappa shape index (κ1) is 8.69. The third-order valence-electron chi connectivity index (χ3n) is 2.07. The molecular weight excluding hydrogens is 176 g/mol. The van der Waals surface area contributed by atoms with E-state index in [1.165, 1.54) is 0 Å². The second-order valence-corrected chi connectivity index (χ2v) is 2.96. The first-order valence-electron chi connectivity index (χ1n) is 4.42. The van der Waals surface area contributed by atoms with E-state index >= 15 is 0 Å². The summed E-state index contributed by atoms with van der Waals surface area (Å²) in [6, 6.07) is 7.45. The van der Waals surface area contributed by atoms with Crippen LogP contribution in [-0.4, -0.2) is 19.0 Å². The van der Waals surface area contributed by atoms with Gasteiger partial charge in [-0.25, -0.2) is 0 Å². The number of carbonyl (C=O) groups is 1. The summed E-state index contributed by atoms with van der Waals surface area (Å²) >= 11 is 0. The van der Waals surface area contributed by atoms with Crippen LogP contribution in [0.1, 0.15) is 15.9 Å². The van der Waals surface area contributed by atoms with E-state index in [0.717, 1.165) is 17.5 Å². The van der Waals surface area contributed by atoms with Gasteiger partial charge >= 0.3 is 0 Å². The largest absolute Gasteiger partial charge is 0.378 e. The van der Waals surface area contributed by atoms with E-state index in [-0.39, 0.29) is 0 Å². The van der Waals surface area contributed by atoms with E-state index in [9.17, 15) is 4.79 Å². The fourth-order valence-corrected chi connectivity index (χ4v) is 1.39. The van der Waals surface area contributed by atoms with Crippen LogP contribution < -0.4 is 5.32 Å². The Labute approximate surface area is 82.2 Å². The van der Waals surface area contributed by atoms with Gasteiger partial charge in [-0.15, -0.1) is 0 Å². The van der Waals surface area contributed by atoms with E-state index in [1.54, 1.807) is 18.5 Å². The van der Waals surface area contributed by atoms with E-state index in [2.05, 4.69) is 10.3 Å². The van der Waals surface area contributed by atoms with E-state index in [1.807, 2.05) is 18.2 Å². The zero-order valence-corrected chi connectivity index (χ0v) is 7.60. The molecule has 0 bridgehead atoms. The van der Waals surface area contributed by atoms with Gasteiger partial charge in [0.2, 0.25) is 0 Å². The lowest BCUT2D eigenvalue weighted by Gasteiger charge is -2.12. The summed E-state index contributed by atoms with van der Waals surface area (Å²) in [4.78, 5) is 14.8. The molecule has 1 aromatic carbocycles. The second kappa shape index (κ2) is 3.87. The summed E-state index contributed by atoms with van der Waals surface area (Å²) in [7, 11) is 0. The molecule has 3 heteroatoms. The highest BCUT2D eigenvalue weighted by atomic mass is 16.1. The lowest BCUT2D eigenvalue weighted by molar-refractivity contribution is 0.112. The minimum atomic E-state index is 0.684. The maximum absolute atomic E-state index is 10.8. The standard InChI is InChI=1S/C11H10N2O/c14-8-9-3-1-2-4-10(9)11-7-12-5-6-13-11/h1-5,7-8,13H,6H2. The maximum atomic E-state index is 10.8. The SMILES string of the molecule is O=Cc1ccccc1C1=CN=CCN1. The monoisotopic (exact) mass is 186 g/mol. The quantitative estimate of drug-likeness (QED) is 0.710. The normalized spacial score (nSPS) is 14.4. The average Bonchev–Trinajstić information content (AvgIpc) is 2.30. The Balaban J connectivity index is 2.44. The van der Waals surface area contributed by atoms with Crippen LogP contribution in [0, 0.1) is 0 Å². The summed E-state index contributed by atoms with van der Waals surface area (Å²) in [6.45, 7) is 0.707. The topological polar surface area (TPSA) is 41.5 Å². The van der Waals surface area contributed by atoms with Gasteiger partial charge in [-0.1, -0.05) is 24.3 Å². The maximum Gasteiger partial charge on any atom is 0.150 e. The van der Waals surface area contributed by atoms with E-state index < -0.39 is 0 Å². The summed E-state index contributed by atoms with van der Waals surface area (Å²) in [5.41, 5.74) is 2.48. The van der Waals surface area contributed by atoms with Crippen LogP contribution in [-0.2, 0) is 0 Å². The fourth-order valence-electron chi connectivity index (χ4n) is 1.39. The fraction of sp³-hybridized carbons (Fsp3) is 0.0909. The number of nitrogens with zero attached hydrogens (tertiary/aromatic N) is 1. The van der Waals surface area contributed by atoms with Crippen molar-refractivity contribution in [1.82, 2.24) is 5.32 Å². The Kier molecular flexibility index (Phi) is 2.40. The van der Waals surface area contributed by atoms with Gasteiger partial charge in [0.15, 0.2) is 6.29 Å². The molecule has 1 aliphatic heterocycles. The molecule has 0 fully saturated rings. The van der Waals surface area contributed by atoms with Gasteiger partial charge in [0.05, 0.1) is 18.4 Å². The average molecular weight is 186 g/mol. The molecule has 70 valence electrons. The van der Waals surface area contributed by atoms with Crippen LogP contribution in [0.4, 0.5) is 0 Å². The number of aldehydes is 1. The Bertz CT molecular complexity index is 408. The molecule has 1 N–H and O–H groups in total. The number of rotatable bonds is 2. The van der Waals surface area contributed by atoms with Crippen LogP contribution in [0.3, 0.4) is 0 Å². The van der Waals surface area contributed by atoms with Crippen LogP contribution in [0.2, 0.25) is 0 Å². The molecule has 0 spiro atoms. The highest BCUT2D eigenvalue weighted by molar-refractivity contribution is 5.86. The Hall–Kier alpha value is -1.90. The molecule has 0 aliphatic carbocycles. The Morgan fingerprint density at radius 2 is 2.21 bits per heavy atom. The minimum absolute atomic E-state index is 0.684. The molecule has 0 atom stereocenters. The molecule has 1 aliphatic rings. The molecule has 0 amide bonds. The molecule has 14 heavy (non-hydrogen) atoms. The summed E-state index contributed by atoms with van der Waals surface area (Å²) in [5, 5.41) is 3.16. The third-order valence-corrected chi connectivity index (χ3v) is 2.07. The minimum Gasteiger partial charge on any atom is -0.378 e. The number of nitrogens with one attached hydrogen (secondary N) is 1. The van der Waals surface area contributed by atoms with Crippen molar-refractivity contribution in [1.29, 1.82) is 0 Å². The van der Waals surface area contributed by atoms with Crippen molar-refractivity contribution in [3.63, 3.8) is 0 Å². The number of hydrogen-bond acceptors (Lipinski definition) is 3. The summed E-state index contributed by atoms with van der Waals surface area (Å²) in [5.74, 6) is 0. The predicted molar refractivity (Wildman–Crippen MR) is 56.3 cm³/mol. The summed E-state index contributed by atoms with van der Waals surface area (Å²) < 4.78 is 0. The second-order valence-electron chi connectivity index (χ2n) is 2.96. The zero-order valence-electron chi connectivity index (χ0n) is 7.60. The number of benzene rings is 1. The molecule has 0 saturated carbocycles. The van der Waals surface area contributed by atoms with Gasteiger partial charge in [0, 0.05) is 17.3 Å². The van der Waals surface area contributed by atoms with Gasteiger partial charge in [-0.2, -0.15) is 0 Å². The Morgan fingerprint density at radius 1 is 1.36 bits per heavy atom. The molecule has 0 unspecified atom stereocenters. The molecule has 0 aromatic heterocycles. The van der Waals surface area contributed by atoms with E-state index in [0.29, 0.717) is 12.1 Å². The van der Waals surface area contributed by atoms with Crippen molar-refractivity contribution in [3.05, 3.63) is 41.6 Å². The zero-order chi connectivity index (χ0) is 9.80. The van der Waals surface area contributed by atoms with Crippen molar-refractivity contribution >= 4 is 18.2 Å². The first-order valence-corrected chi connectivity index (χ1v) is 4.42.